The van der Waals surface area contributed by atoms with Gasteiger partial charge in [0.15, 0.2) is 6.17 Å². The van der Waals surface area contributed by atoms with Crippen molar-refractivity contribution in [2.24, 2.45) is 0 Å². The third kappa shape index (κ3) is 3.95. The number of amides is 1. The molecule has 0 aliphatic carbocycles. The molecule has 168 valence electrons. The van der Waals surface area contributed by atoms with Gasteiger partial charge in [-0.1, -0.05) is 6.07 Å². The fraction of sp³-hybridized carbons (Fsp3) is 0.318. The molecule has 4 heterocycles. The lowest BCUT2D eigenvalue weighted by Gasteiger charge is -2.26. The minimum Gasteiger partial charge on any atom is -0.486 e. The molecule has 6 nitrogen and oxygen atoms in total. The van der Waals surface area contributed by atoms with Crippen molar-refractivity contribution in [3.63, 3.8) is 0 Å². The van der Waals surface area contributed by atoms with Gasteiger partial charge in [0.1, 0.15) is 28.9 Å². The van der Waals surface area contributed by atoms with E-state index in [1.807, 2.05) is 0 Å². The molecule has 0 unspecified atom stereocenters. The lowest BCUT2D eigenvalue weighted by Crippen LogP contribution is -2.38. The molecule has 1 atom stereocenters. The zero-order valence-electron chi connectivity index (χ0n) is 17.1. The second-order valence-corrected chi connectivity index (χ2v) is 8.97. The average molecular weight is 463 g/mol. The van der Waals surface area contributed by atoms with Gasteiger partial charge in [-0.05, 0) is 49.4 Å². The van der Waals surface area contributed by atoms with Crippen LogP contribution in [0.5, 0.6) is 5.75 Å². The highest BCUT2D eigenvalue weighted by atomic mass is 32.1. The highest BCUT2D eigenvalue weighted by Crippen LogP contribution is 2.40. The van der Waals surface area contributed by atoms with Crippen LogP contribution in [-0.4, -0.2) is 24.4 Å². The zero-order chi connectivity index (χ0) is 22.5. The van der Waals surface area contributed by atoms with Crippen LogP contribution < -0.4 is 15.4 Å². The molecule has 32 heavy (non-hydrogen) atoms. The van der Waals surface area contributed by atoms with Crippen molar-refractivity contribution in [1.82, 2.24) is 10.2 Å². The summed E-state index contributed by atoms with van der Waals surface area (Å²) in [6.07, 6.45) is -4.12. The largest absolute Gasteiger partial charge is 0.486 e. The summed E-state index contributed by atoms with van der Waals surface area (Å²) in [6.45, 7) is 1.71. The van der Waals surface area contributed by atoms with Gasteiger partial charge in [-0.3, -0.25) is 4.79 Å². The van der Waals surface area contributed by atoms with E-state index in [9.17, 15) is 18.0 Å². The number of fused-ring (bicyclic) bond motifs is 3. The van der Waals surface area contributed by atoms with E-state index in [1.54, 1.807) is 23.5 Å². The summed E-state index contributed by atoms with van der Waals surface area (Å²) in [4.78, 5) is 16.2. The Labute approximate surface area is 186 Å². The Morgan fingerprint density at radius 2 is 2.09 bits per heavy atom. The molecule has 1 amide bonds. The van der Waals surface area contributed by atoms with Gasteiger partial charge in [0.05, 0.1) is 11.1 Å². The van der Waals surface area contributed by atoms with Crippen LogP contribution in [0, 0.1) is 0 Å². The Hall–Kier alpha value is -2.98. The maximum atomic E-state index is 12.9. The molecule has 2 aromatic heterocycles. The van der Waals surface area contributed by atoms with E-state index in [-0.39, 0.29) is 18.3 Å². The number of carbonyl (C=O) groups is 1. The summed E-state index contributed by atoms with van der Waals surface area (Å²) >= 11 is 1.59. The van der Waals surface area contributed by atoms with E-state index in [1.165, 1.54) is 17.0 Å². The first-order valence-electron chi connectivity index (χ1n) is 10.1. The third-order valence-electron chi connectivity index (χ3n) is 5.54. The SMILES string of the molecule is CN1CCc2c(sc3c2C(=O)N[C@H](c2ccc(COc4cccc(C(F)(F)F)c4)o2)N3)C1. The second kappa shape index (κ2) is 7.86. The number of nitrogens with one attached hydrogen (secondary N) is 2. The summed E-state index contributed by atoms with van der Waals surface area (Å²) in [5, 5.41) is 7.10. The van der Waals surface area contributed by atoms with Crippen LogP contribution in [-0.2, 0) is 25.7 Å². The summed E-state index contributed by atoms with van der Waals surface area (Å²) in [5.74, 6) is 0.895. The molecule has 10 heteroatoms. The predicted molar refractivity (Wildman–Crippen MR) is 113 cm³/mol. The average Bonchev–Trinajstić information content (AvgIpc) is 3.36. The molecular weight excluding hydrogens is 443 g/mol. The molecule has 2 aliphatic rings. The first kappa shape index (κ1) is 20.9. The topological polar surface area (TPSA) is 66.7 Å². The number of ether oxygens (including phenoxy) is 1. The standard InChI is InChI=1S/C22H20F3N3O3S/c1-28-8-7-15-17(10-28)32-21-18(15)20(29)26-19(27-21)16-6-5-14(31-16)11-30-13-4-2-3-12(9-13)22(23,24)25/h2-6,9,19,27H,7-8,10-11H2,1H3,(H,26,29)/t19-/m0/s1. The van der Waals surface area contributed by atoms with Crippen molar-refractivity contribution in [2.45, 2.75) is 31.9 Å². The number of nitrogens with zero attached hydrogens (tertiary/aromatic N) is 1. The molecule has 0 bridgehead atoms. The number of anilines is 1. The van der Waals surface area contributed by atoms with Crippen molar-refractivity contribution in [3.8, 4) is 5.75 Å². The molecule has 2 aliphatic heterocycles. The molecule has 0 radical (unpaired) electrons. The number of hydrogen-bond donors (Lipinski definition) is 2. The summed E-state index contributed by atoms with van der Waals surface area (Å²) in [7, 11) is 2.06. The number of benzene rings is 1. The van der Waals surface area contributed by atoms with Crippen LogP contribution in [0.4, 0.5) is 18.2 Å². The van der Waals surface area contributed by atoms with Crippen molar-refractivity contribution in [2.75, 3.05) is 18.9 Å². The first-order chi connectivity index (χ1) is 15.3. The number of thiophene rings is 1. The normalized spacial score (nSPS) is 18.5. The number of furan rings is 1. The van der Waals surface area contributed by atoms with E-state index in [4.69, 9.17) is 9.15 Å². The van der Waals surface area contributed by atoms with Crippen LogP contribution in [0.1, 0.15) is 44.0 Å². The van der Waals surface area contributed by atoms with Gasteiger partial charge in [0, 0.05) is 18.0 Å². The van der Waals surface area contributed by atoms with E-state index >= 15 is 0 Å². The monoisotopic (exact) mass is 463 g/mol. The van der Waals surface area contributed by atoms with Crippen molar-refractivity contribution in [1.29, 1.82) is 0 Å². The number of halogens is 3. The number of likely N-dealkylation sites (N-methyl/N-ethyl adjacent to an activating group) is 1. The number of hydrogen-bond acceptors (Lipinski definition) is 6. The minimum atomic E-state index is -4.43. The van der Waals surface area contributed by atoms with Crippen molar-refractivity contribution >= 4 is 22.2 Å². The van der Waals surface area contributed by atoms with E-state index in [2.05, 4.69) is 22.6 Å². The molecule has 0 saturated carbocycles. The Morgan fingerprint density at radius 3 is 2.91 bits per heavy atom. The van der Waals surface area contributed by atoms with E-state index in [0.717, 1.165) is 42.2 Å². The fourth-order valence-corrected chi connectivity index (χ4v) is 5.28. The lowest BCUT2D eigenvalue weighted by molar-refractivity contribution is -0.137. The smallest absolute Gasteiger partial charge is 0.416 e. The lowest BCUT2D eigenvalue weighted by atomic mass is 10.0. The van der Waals surface area contributed by atoms with Crippen molar-refractivity contribution < 1.29 is 27.1 Å². The minimum absolute atomic E-state index is 0.0349. The van der Waals surface area contributed by atoms with Gasteiger partial charge in [-0.2, -0.15) is 13.2 Å². The van der Waals surface area contributed by atoms with Crippen molar-refractivity contribution in [3.05, 3.63) is 69.5 Å². The van der Waals surface area contributed by atoms with Crippen LogP contribution in [0.15, 0.2) is 40.8 Å². The molecule has 2 N–H and O–H groups in total. The van der Waals surface area contributed by atoms with Gasteiger partial charge in [0.25, 0.3) is 5.91 Å². The fourth-order valence-electron chi connectivity index (χ4n) is 3.93. The van der Waals surface area contributed by atoms with Crippen LogP contribution in [0.3, 0.4) is 0 Å². The van der Waals surface area contributed by atoms with Gasteiger partial charge in [-0.25, -0.2) is 0 Å². The number of rotatable bonds is 4. The second-order valence-electron chi connectivity index (χ2n) is 7.86. The van der Waals surface area contributed by atoms with Gasteiger partial charge >= 0.3 is 6.18 Å². The third-order valence-corrected chi connectivity index (χ3v) is 6.68. The zero-order valence-corrected chi connectivity index (χ0v) is 17.9. The molecule has 0 saturated heterocycles. The number of carbonyl (C=O) groups excluding carboxylic acids is 1. The highest BCUT2D eigenvalue weighted by molar-refractivity contribution is 7.16. The maximum Gasteiger partial charge on any atom is 0.416 e. The van der Waals surface area contributed by atoms with Gasteiger partial charge < -0.3 is 24.7 Å². The Balaban J connectivity index is 1.28. The van der Waals surface area contributed by atoms with Crippen LogP contribution in [0.25, 0.3) is 0 Å². The Kier molecular flexibility index (Phi) is 5.13. The van der Waals surface area contributed by atoms with Crippen LogP contribution >= 0.6 is 11.3 Å². The van der Waals surface area contributed by atoms with Crippen LogP contribution in [0.2, 0.25) is 0 Å². The Morgan fingerprint density at radius 1 is 1.25 bits per heavy atom. The first-order valence-corrected chi connectivity index (χ1v) is 10.9. The molecule has 1 aromatic carbocycles. The van der Waals surface area contributed by atoms with Gasteiger partial charge in [-0.15, -0.1) is 11.3 Å². The quantitative estimate of drug-likeness (QED) is 0.583. The molecular formula is C22H20F3N3O3S. The maximum absolute atomic E-state index is 12.9. The molecule has 3 aromatic rings. The van der Waals surface area contributed by atoms with Gasteiger partial charge in [0.2, 0.25) is 0 Å². The molecule has 0 fully saturated rings. The Bertz CT molecular complexity index is 1170. The molecule has 5 rings (SSSR count). The van der Waals surface area contributed by atoms with E-state index < -0.39 is 17.9 Å². The van der Waals surface area contributed by atoms with E-state index in [0.29, 0.717) is 17.1 Å². The summed E-state index contributed by atoms with van der Waals surface area (Å²) in [5.41, 5.74) is 1.06. The predicted octanol–water partition coefficient (Wildman–Crippen LogP) is 4.78. The number of alkyl halides is 3. The summed E-state index contributed by atoms with van der Waals surface area (Å²) in [6, 6.07) is 8.09. The summed E-state index contributed by atoms with van der Waals surface area (Å²) < 4.78 is 49.8. The molecule has 0 spiro atoms. The highest BCUT2D eigenvalue weighted by Gasteiger charge is 2.34.